The second kappa shape index (κ2) is 5.24. The van der Waals surface area contributed by atoms with Crippen LogP contribution in [0.25, 0.3) is 0 Å². The normalized spacial score (nSPS) is 11.6. The highest BCUT2D eigenvalue weighted by Gasteiger charge is 2.14. The first-order valence-corrected chi connectivity index (χ1v) is 4.59. The van der Waals surface area contributed by atoms with Gasteiger partial charge in [0.25, 0.3) is 0 Å². The van der Waals surface area contributed by atoms with Gasteiger partial charge in [-0.05, 0) is 30.2 Å². The minimum absolute atomic E-state index is 0.138. The number of benzene rings is 1. The maximum atomic E-state index is 13.0. The molecule has 4 nitrogen and oxygen atoms in total. The molecule has 0 unspecified atom stereocenters. The second-order valence-corrected chi connectivity index (χ2v) is 3.29. The number of nitrogens with zero attached hydrogens (tertiary/aromatic N) is 1. The van der Waals surface area contributed by atoms with Crippen molar-refractivity contribution in [2.24, 2.45) is 5.73 Å². The predicted molar refractivity (Wildman–Crippen MR) is 54.8 cm³/mol. The van der Waals surface area contributed by atoms with Crippen molar-refractivity contribution in [1.82, 2.24) is 0 Å². The largest absolute Gasteiger partial charge is 0.468 e. The van der Waals surface area contributed by atoms with Crippen LogP contribution >= 0.6 is 0 Å². The van der Waals surface area contributed by atoms with E-state index in [0.717, 1.165) is 6.07 Å². The summed E-state index contributed by atoms with van der Waals surface area (Å²) >= 11 is 0. The molecule has 0 aliphatic heterocycles. The zero-order valence-corrected chi connectivity index (χ0v) is 8.74. The molecule has 0 spiro atoms. The fourth-order valence-electron chi connectivity index (χ4n) is 1.32. The molecule has 1 aromatic carbocycles. The summed E-state index contributed by atoms with van der Waals surface area (Å²) in [5.41, 5.74) is 6.22. The van der Waals surface area contributed by atoms with Gasteiger partial charge in [-0.15, -0.1) is 0 Å². The number of carbonyl (C=O) groups is 1. The number of carbonyl (C=O) groups excluding carboxylic acids is 1. The molecule has 0 saturated heterocycles. The minimum Gasteiger partial charge on any atom is -0.468 e. The summed E-state index contributed by atoms with van der Waals surface area (Å²) in [6, 6.07) is 4.83. The maximum absolute atomic E-state index is 13.0. The molecular weight excluding hydrogens is 211 g/mol. The van der Waals surface area contributed by atoms with Gasteiger partial charge < -0.3 is 10.5 Å². The Hall–Kier alpha value is -1.93. The zero-order valence-electron chi connectivity index (χ0n) is 8.74. The van der Waals surface area contributed by atoms with Gasteiger partial charge in [-0.25, -0.2) is 4.39 Å². The predicted octanol–water partition coefficient (Wildman–Crippen LogP) is 0.740. The van der Waals surface area contributed by atoms with E-state index in [-0.39, 0.29) is 12.0 Å². The Balaban J connectivity index is 2.86. The van der Waals surface area contributed by atoms with Gasteiger partial charge in [0.2, 0.25) is 0 Å². The van der Waals surface area contributed by atoms with Gasteiger partial charge in [-0.3, -0.25) is 4.79 Å². The molecule has 2 N–H and O–H groups in total. The van der Waals surface area contributed by atoms with E-state index < -0.39 is 17.8 Å². The fourth-order valence-corrected chi connectivity index (χ4v) is 1.32. The molecule has 0 saturated carbocycles. The van der Waals surface area contributed by atoms with Crippen LogP contribution in [-0.2, 0) is 16.0 Å². The molecule has 0 aliphatic rings. The summed E-state index contributed by atoms with van der Waals surface area (Å²) in [7, 11) is 1.23. The molecule has 0 radical (unpaired) electrons. The number of hydrogen-bond donors (Lipinski definition) is 1. The first-order valence-electron chi connectivity index (χ1n) is 4.59. The van der Waals surface area contributed by atoms with Gasteiger partial charge in [0.1, 0.15) is 11.9 Å². The van der Waals surface area contributed by atoms with E-state index >= 15 is 0 Å². The lowest BCUT2D eigenvalue weighted by molar-refractivity contribution is -0.142. The Morgan fingerprint density at radius 2 is 2.31 bits per heavy atom. The molecular formula is C11H11FN2O2. The lowest BCUT2D eigenvalue weighted by Crippen LogP contribution is -2.33. The molecule has 5 heteroatoms. The maximum Gasteiger partial charge on any atom is 0.322 e. The fraction of sp³-hybridized carbons (Fsp3) is 0.273. The monoisotopic (exact) mass is 222 g/mol. The van der Waals surface area contributed by atoms with Crippen molar-refractivity contribution < 1.29 is 13.9 Å². The average Bonchev–Trinajstić information content (AvgIpc) is 2.26. The van der Waals surface area contributed by atoms with Crippen molar-refractivity contribution in [3.63, 3.8) is 0 Å². The Kier molecular flexibility index (Phi) is 3.97. The number of hydrogen-bond acceptors (Lipinski definition) is 4. The molecule has 16 heavy (non-hydrogen) atoms. The molecule has 0 aliphatic carbocycles. The molecule has 1 atom stereocenters. The van der Waals surface area contributed by atoms with Gasteiger partial charge in [0, 0.05) is 0 Å². The molecule has 0 bridgehead atoms. The molecule has 1 rings (SSSR count). The highest BCUT2D eigenvalue weighted by Crippen LogP contribution is 2.10. The molecule has 0 heterocycles. The van der Waals surface area contributed by atoms with Gasteiger partial charge in [-0.1, -0.05) is 0 Å². The van der Waals surface area contributed by atoms with E-state index in [0.29, 0.717) is 5.56 Å². The van der Waals surface area contributed by atoms with Crippen molar-refractivity contribution in [3.8, 4) is 6.07 Å². The standard InChI is InChI=1S/C11H11FN2O2/c1-16-11(15)10(14)5-7-2-8(6-13)4-9(12)3-7/h2-4,10H,5,14H2,1H3/t10-/m0/s1. The number of ether oxygens (including phenoxy) is 1. The summed E-state index contributed by atoms with van der Waals surface area (Å²) < 4.78 is 17.5. The van der Waals surface area contributed by atoms with Crippen molar-refractivity contribution in [2.75, 3.05) is 7.11 Å². The van der Waals surface area contributed by atoms with Crippen LogP contribution < -0.4 is 5.73 Å². The van der Waals surface area contributed by atoms with E-state index in [9.17, 15) is 9.18 Å². The number of halogens is 1. The van der Waals surface area contributed by atoms with E-state index in [1.807, 2.05) is 6.07 Å². The molecule has 1 aromatic rings. The summed E-state index contributed by atoms with van der Waals surface area (Å²) in [6.07, 6.45) is 0.138. The van der Waals surface area contributed by atoms with Crippen LogP contribution in [0.4, 0.5) is 4.39 Å². The first kappa shape index (κ1) is 12.1. The van der Waals surface area contributed by atoms with E-state index in [1.165, 1.54) is 19.2 Å². The smallest absolute Gasteiger partial charge is 0.322 e. The molecule has 0 fully saturated rings. The molecule has 0 amide bonds. The van der Waals surface area contributed by atoms with E-state index in [4.69, 9.17) is 11.0 Å². The topological polar surface area (TPSA) is 76.1 Å². The number of nitriles is 1. The van der Waals surface area contributed by atoms with Crippen LogP contribution in [0, 0.1) is 17.1 Å². The average molecular weight is 222 g/mol. The third kappa shape index (κ3) is 3.04. The lowest BCUT2D eigenvalue weighted by Gasteiger charge is -2.09. The lowest BCUT2D eigenvalue weighted by atomic mass is 10.0. The second-order valence-electron chi connectivity index (χ2n) is 3.29. The van der Waals surface area contributed by atoms with E-state index in [1.54, 1.807) is 0 Å². The van der Waals surface area contributed by atoms with Crippen molar-refractivity contribution in [3.05, 3.63) is 35.1 Å². The summed E-state index contributed by atoms with van der Waals surface area (Å²) in [6.45, 7) is 0. The van der Waals surface area contributed by atoms with Crippen LogP contribution in [0.1, 0.15) is 11.1 Å². The van der Waals surface area contributed by atoms with Crippen molar-refractivity contribution in [1.29, 1.82) is 5.26 Å². The summed E-state index contributed by atoms with van der Waals surface area (Å²) in [4.78, 5) is 11.0. The SMILES string of the molecule is COC(=O)[C@@H](N)Cc1cc(F)cc(C#N)c1. The van der Waals surface area contributed by atoms with Gasteiger partial charge >= 0.3 is 5.97 Å². The van der Waals surface area contributed by atoms with Gasteiger partial charge in [0.15, 0.2) is 0 Å². The minimum atomic E-state index is -0.849. The first-order chi connectivity index (χ1) is 7.56. The molecule has 84 valence electrons. The van der Waals surface area contributed by atoms with Crippen molar-refractivity contribution >= 4 is 5.97 Å². The van der Waals surface area contributed by atoms with Gasteiger partial charge in [-0.2, -0.15) is 5.26 Å². The highest BCUT2D eigenvalue weighted by molar-refractivity contribution is 5.75. The zero-order chi connectivity index (χ0) is 12.1. The Labute approximate surface area is 92.4 Å². The number of nitrogens with two attached hydrogens (primary N) is 1. The third-order valence-electron chi connectivity index (χ3n) is 2.05. The third-order valence-corrected chi connectivity index (χ3v) is 2.05. The number of esters is 1. The van der Waals surface area contributed by atoms with Crippen LogP contribution in [0.2, 0.25) is 0 Å². The molecule has 0 aromatic heterocycles. The summed E-state index contributed by atoms with van der Waals surface area (Å²) in [5, 5.41) is 8.64. The number of methoxy groups -OCH3 is 1. The summed E-state index contributed by atoms with van der Waals surface area (Å²) in [5.74, 6) is -1.09. The Morgan fingerprint density at radius 1 is 1.62 bits per heavy atom. The number of rotatable bonds is 3. The van der Waals surface area contributed by atoms with Crippen LogP contribution in [0.5, 0.6) is 0 Å². The van der Waals surface area contributed by atoms with E-state index in [2.05, 4.69) is 4.74 Å². The van der Waals surface area contributed by atoms with Crippen LogP contribution in [0.15, 0.2) is 18.2 Å². The van der Waals surface area contributed by atoms with Crippen LogP contribution in [-0.4, -0.2) is 19.1 Å². The Morgan fingerprint density at radius 3 is 2.88 bits per heavy atom. The van der Waals surface area contributed by atoms with Crippen LogP contribution in [0.3, 0.4) is 0 Å². The highest BCUT2D eigenvalue weighted by atomic mass is 19.1. The Bertz CT molecular complexity index is 440. The van der Waals surface area contributed by atoms with Gasteiger partial charge in [0.05, 0.1) is 18.7 Å². The van der Waals surface area contributed by atoms with Crippen molar-refractivity contribution in [2.45, 2.75) is 12.5 Å². The quantitative estimate of drug-likeness (QED) is 0.765.